The minimum atomic E-state index is 0.00113. The first kappa shape index (κ1) is 7.60. The molecule has 2 aliphatic carbocycles. The molecule has 0 heterocycles. The molecule has 1 spiro atoms. The van der Waals surface area contributed by atoms with E-state index in [1.165, 1.54) is 32.1 Å². The number of rotatable bonds is 0. The third-order valence-corrected chi connectivity index (χ3v) is 3.80. The zero-order valence-corrected chi connectivity index (χ0v) is 7.34. The van der Waals surface area contributed by atoms with Gasteiger partial charge in [-0.3, -0.25) is 0 Å². The molecule has 2 aliphatic rings. The van der Waals surface area contributed by atoms with E-state index in [1.807, 2.05) is 0 Å². The molecule has 0 aliphatic heterocycles. The fourth-order valence-corrected chi connectivity index (χ4v) is 2.79. The summed E-state index contributed by atoms with van der Waals surface area (Å²) in [6.45, 7) is 2.20. The summed E-state index contributed by atoms with van der Waals surface area (Å²) in [5.74, 6) is 0.559. The first-order valence-electron chi connectivity index (χ1n) is 4.90. The molecule has 2 unspecified atom stereocenters. The Morgan fingerprint density at radius 1 is 1.27 bits per heavy atom. The number of aliphatic hydroxyl groups excluding tert-OH is 1. The largest absolute Gasteiger partial charge is 0.393 e. The Labute approximate surface area is 68.8 Å². The molecule has 1 N–H and O–H groups in total. The lowest BCUT2D eigenvalue weighted by atomic mass is 9.58. The van der Waals surface area contributed by atoms with E-state index in [2.05, 4.69) is 6.92 Å². The van der Waals surface area contributed by atoms with Crippen molar-refractivity contribution in [3.63, 3.8) is 0 Å². The van der Waals surface area contributed by atoms with Crippen LogP contribution in [-0.2, 0) is 0 Å². The van der Waals surface area contributed by atoms with Crippen LogP contribution in [-0.4, -0.2) is 11.2 Å². The zero-order chi connectivity index (χ0) is 7.90. The van der Waals surface area contributed by atoms with Gasteiger partial charge in [0.2, 0.25) is 0 Å². The van der Waals surface area contributed by atoms with Crippen LogP contribution in [0.5, 0.6) is 0 Å². The van der Waals surface area contributed by atoms with E-state index in [4.69, 9.17) is 0 Å². The van der Waals surface area contributed by atoms with Gasteiger partial charge in [-0.15, -0.1) is 0 Å². The molecule has 2 atom stereocenters. The first-order chi connectivity index (χ1) is 5.22. The van der Waals surface area contributed by atoms with Crippen LogP contribution < -0.4 is 0 Å². The van der Waals surface area contributed by atoms with E-state index >= 15 is 0 Å². The minimum absolute atomic E-state index is 0.00113. The van der Waals surface area contributed by atoms with Gasteiger partial charge in [0, 0.05) is 0 Å². The van der Waals surface area contributed by atoms with E-state index < -0.39 is 0 Å². The fourth-order valence-electron chi connectivity index (χ4n) is 2.79. The van der Waals surface area contributed by atoms with E-state index in [1.54, 1.807) is 0 Å². The second-order valence-electron chi connectivity index (χ2n) is 4.64. The van der Waals surface area contributed by atoms with Gasteiger partial charge < -0.3 is 5.11 Å². The predicted molar refractivity (Wildman–Crippen MR) is 45.3 cm³/mol. The molecular weight excluding hydrogens is 136 g/mol. The van der Waals surface area contributed by atoms with Gasteiger partial charge in [0.25, 0.3) is 0 Å². The molecule has 0 amide bonds. The highest BCUT2D eigenvalue weighted by Crippen LogP contribution is 2.52. The lowest BCUT2D eigenvalue weighted by Gasteiger charge is -2.48. The van der Waals surface area contributed by atoms with Crippen LogP contribution in [0.2, 0.25) is 0 Å². The molecule has 11 heavy (non-hydrogen) atoms. The molecule has 0 radical (unpaired) electrons. The summed E-state index contributed by atoms with van der Waals surface area (Å²) < 4.78 is 0. The number of aliphatic hydroxyl groups is 1. The third kappa shape index (κ3) is 1.20. The summed E-state index contributed by atoms with van der Waals surface area (Å²) in [6, 6.07) is 0. The molecule has 0 aromatic heterocycles. The van der Waals surface area contributed by atoms with Gasteiger partial charge in [-0.1, -0.05) is 13.3 Å². The molecule has 1 nitrogen and oxygen atoms in total. The molecule has 1 heteroatoms. The van der Waals surface area contributed by atoms with Crippen molar-refractivity contribution in [2.45, 2.75) is 51.6 Å². The Morgan fingerprint density at radius 2 is 2.00 bits per heavy atom. The number of hydrogen-bond acceptors (Lipinski definition) is 1. The average Bonchev–Trinajstić information content (AvgIpc) is 1.92. The van der Waals surface area contributed by atoms with Crippen LogP contribution in [0.1, 0.15) is 45.4 Å². The second kappa shape index (κ2) is 2.48. The summed E-state index contributed by atoms with van der Waals surface area (Å²) in [5, 5.41) is 9.53. The quantitative estimate of drug-likeness (QED) is 0.568. The van der Waals surface area contributed by atoms with Gasteiger partial charge in [0.15, 0.2) is 0 Å². The van der Waals surface area contributed by atoms with Crippen molar-refractivity contribution in [2.24, 2.45) is 11.3 Å². The average molecular weight is 154 g/mol. The third-order valence-electron chi connectivity index (χ3n) is 3.80. The van der Waals surface area contributed by atoms with Gasteiger partial charge in [-0.25, -0.2) is 0 Å². The van der Waals surface area contributed by atoms with Crippen LogP contribution in [0.3, 0.4) is 0 Å². The fraction of sp³-hybridized carbons (Fsp3) is 1.00. The zero-order valence-electron chi connectivity index (χ0n) is 7.34. The topological polar surface area (TPSA) is 20.2 Å². The Hall–Kier alpha value is -0.0400. The van der Waals surface area contributed by atoms with Crippen LogP contribution in [0.25, 0.3) is 0 Å². The van der Waals surface area contributed by atoms with Gasteiger partial charge in [0.05, 0.1) is 6.10 Å². The van der Waals surface area contributed by atoms with Gasteiger partial charge in [0.1, 0.15) is 0 Å². The minimum Gasteiger partial charge on any atom is -0.393 e. The first-order valence-corrected chi connectivity index (χ1v) is 4.90. The SMILES string of the molecule is CC1CC2(CCC2)CCC1O. The van der Waals surface area contributed by atoms with E-state index in [0.29, 0.717) is 11.3 Å². The van der Waals surface area contributed by atoms with E-state index in [9.17, 15) is 5.11 Å². The molecule has 2 fully saturated rings. The summed E-state index contributed by atoms with van der Waals surface area (Å²) in [6.07, 6.45) is 7.94. The van der Waals surface area contributed by atoms with Crippen molar-refractivity contribution in [2.75, 3.05) is 0 Å². The van der Waals surface area contributed by atoms with Crippen molar-refractivity contribution < 1.29 is 5.11 Å². The maximum absolute atomic E-state index is 9.53. The van der Waals surface area contributed by atoms with Gasteiger partial charge in [-0.2, -0.15) is 0 Å². The van der Waals surface area contributed by atoms with E-state index in [-0.39, 0.29) is 6.10 Å². The lowest BCUT2D eigenvalue weighted by molar-refractivity contribution is -0.0243. The Morgan fingerprint density at radius 3 is 2.45 bits per heavy atom. The van der Waals surface area contributed by atoms with Gasteiger partial charge >= 0.3 is 0 Å². The normalized spacial score (nSPS) is 42.0. The molecule has 0 aromatic rings. The van der Waals surface area contributed by atoms with Crippen molar-refractivity contribution in [3.8, 4) is 0 Å². The van der Waals surface area contributed by atoms with Crippen molar-refractivity contribution in [1.29, 1.82) is 0 Å². The molecular formula is C10H18O. The van der Waals surface area contributed by atoms with Crippen LogP contribution in [0.4, 0.5) is 0 Å². The summed E-state index contributed by atoms with van der Waals surface area (Å²) >= 11 is 0. The summed E-state index contributed by atoms with van der Waals surface area (Å²) in [4.78, 5) is 0. The molecule has 0 aromatic carbocycles. The molecule has 0 saturated heterocycles. The Balaban J connectivity index is 1.97. The predicted octanol–water partition coefficient (Wildman–Crippen LogP) is 2.34. The van der Waals surface area contributed by atoms with Gasteiger partial charge in [-0.05, 0) is 43.4 Å². The maximum atomic E-state index is 9.53. The van der Waals surface area contributed by atoms with Crippen molar-refractivity contribution in [1.82, 2.24) is 0 Å². The number of hydrogen-bond donors (Lipinski definition) is 1. The summed E-state index contributed by atoms with van der Waals surface area (Å²) in [7, 11) is 0. The Bertz CT molecular complexity index is 149. The second-order valence-corrected chi connectivity index (χ2v) is 4.64. The highest BCUT2D eigenvalue weighted by Gasteiger charge is 2.42. The lowest BCUT2D eigenvalue weighted by Crippen LogP contribution is -2.39. The molecule has 0 bridgehead atoms. The van der Waals surface area contributed by atoms with E-state index in [0.717, 1.165) is 6.42 Å². The standard InChI is InChI=1S/C10H18O/c1-8-7-10(4-2-5-10)6-3-9(8)11/h8-9,11H,2-7H2,1H3. The summed E-state index contributed by atoms with van der Waals surface area (Å²) in [5.41, 5.74) is 0.693. The molecule has 64 valence electrons. The monoisotopic (exact) mass is 154 g/mol. The highest BCUT2D eigenvalue weighted by molar-refractivity contribution is 4.94. The molecule has 2 rings (SSSR count). The highest BCUT2D eigenvalue weighted by atomic mass is 16.3. The van der Waals surface area contributed by atoms with Crippen LogP contribution in [0, 0.1) is 11.3 Å². The smallest absolute Gasteiger partial charge is 0.0566 e. The molecule has 2 saturated carbocycles. The van der Waals surface area contributed by atoms with Crippen LogP contribution >= 0.6 is 0 Å². The van der Waals surface area contributed by atoms with Crippen molar-refractivity contribution in [3.05, 3.63) is 0 Å². The van der Waals surface area contributed by atoms with Crippen LogP contribution in [0.15, 0.2) is 0 Å². The maximum Gasteiger partial charge on any atom is 0.0566 e. The Kier molecular flexibility index (Phi) is 1.71. The van der Waals surface area contributed by atoms with Crippen molar-refractivity contribution >= 4 is 0 Å².